The van der Waals surface area contributed by atoms with Gasteiger partial charge in [-0.2, -0.15) is 0 Å². The van der Waals surface area contributed by atoms with Crippen molar-refractivity contribution in [2.24, 2.45) is 0 Å². The van der Waals surface area contributed by atoms with Gasteiger partial charge in [0.2, 0.25) is 5.71 Å². The summed E-state index contributed by atoms with van der Waals surface area (Å²) in [5, 5.41) is 1.31. The maximum Gasteiger partial charge on any atom is 0.227 e. The van der Waals surface area contributed by atoms with E-state index in [1.807, 2.05) is 12.1 Å². The highest BCUT2D eigenvalue weighted by Gasteiger charge is 2.23. The van der Waals surface area contributed by atoms with Crippen molar-refractivity contribution in [3.63, 3.8) is 0 Å². The molecule has 0 fully saturated rings. The summed E-state index contributed by atoms with van der Waals surface area (Å²) >= 11 is 0. The van der Waals surface area contributed by atoms with E-state index in [1.54, 1.807) is 36.4 Å². The number of hydrogen-bond acceptors (Lipinski definition) is 3. The summed E-state index contributed by atoms with van der Waals surface area (Å²) in [4.78, 5) is 8.71. The van der Waals surface area contributed by atoms with Crippen LogP contribution in [0.5, 0.6) is 0 Å². The Morgan fingerprint density at radius 1 is 0.853 bits per heavy atom. The van der Waals surface area contributed by atoms with Gasteiger partial charge in [0.05, 0.1) is 5.69 Å². The van der Waals surface area contributed by atoms with Crippen LogP contribution in [0.3, 0.4) is 0 Å². The van der Waals surface area contributed by atoms with Gasteiger partial charge in [0, 0.05) is 40.6 Å². The summed E-state index contributed by atoms with van der Waals surface area (Å²) in [7, 11) is 0. The van der Waals surface area contributed by atoms with Gasteiger partial charge in [0.1, 0.15) is 5.58 Å². The molecule has 0 saturated carbocycles. The molecule has 0 aliphatic heterocycles. The number of furan rings is 1. The highest BCUT2D eigenvalue weighted by Crippen LogP contribution is 2.38. The van der Waals surface area contributed by atoms with Crippen molar-refractivity contribution in [3.05, 3.63) is 83.2 Å². The van der Waals surface area contributed by atoms with E-state index in [0.717, 1.165) is 18.4 Å². The minimum atomic E-state index is -2.56. The van der Waals surface area contributed by atoms with Crippen LogP contribution in [0.4, 0.5) is 0 Å². The van der Waals surface area contributed by atoms with Crippen molar-refractivity contribution in [2.45, 2.75) is 59.6 Å². The molecule has 0 aliphatic rings. The molecule has 0 atom stereocenters. The smallest absolute Gasteiger partial charge is 0.227 e. The van der Waals surface area contributed by atoms with Crippen LogP contribution in [0, 0.1) is 20.6 Å². The maximum atomic E-state index is 8.37. The third-order valence-electron chi connectivity index (χ3n) is 7.11. The molecule has 0 spiro atoms. The minimum absolute atomic E-state index is 0.0657. The van der Waals surface area contributed by atoms with Gasteiger partial charge in [-0.1, -0.05) is 51.1 Å². The summed E-state index contributed by atoms with van der Waals surface area (Å²) in [6, 6.07) is 15.3. The van der Waals surface area contributed by atoms with Crippen molar-refractivity contribution in [1.82, 2.24) is 9.97 Å². The van der Waals surface area contributed by atoms with E-state index in [4.69, 9.17) is 16.8 Å². The predicted molar refractivity (Wildman–Crippen MR) is 142 cm³/mol. The predicted octanol–water partition coefficient (Wildman–Crippen LogP) is 8.71. The monoisotopic (exact) mass is 457 g/mol. The molecule has 0 bridgehead atoms. The van der Waals surface area contributed by atoms with Crippen molar-refractivity contribution in [2.75, 3.05) is 0 Å². The molecule has 0 N–H and O–H groups in total. The second-order valence-corrected chi connectivity index (χ2v) is 8.98. The van der Waals surface area contributed by atoms with Gasteiger partial charge in [0.15, 0.2) is 0 Å². The maximum absolute atomic E-state index is 8.37. The Morgan fingerprint density at radius 2 is 1.71 bits per heavy atom. The Balaban J connectivity index is 1.77. The average Bonchev–Trinajstić information content (AvgIpc) is 3.33. The minimum Gasteiger partial charge on any atom is -0.437 e. The molecule has 0 radical (unpaired) electrons. The first-order valence-corrected chi connectivity index (χ1v) is 11.5. The van der Waals surface area contributed by atoms with Crippen LogP contribution in [0.2, 0.25) is 0 Å². The lowest BCUT2D eigenvalue weighted by Crippen LogP contribution is -2.19. The van der Waals surface area contributed by atoms with Crippen molar-refractivity contribution in [3.8, 4) is 22.4 Å². The number of nitrogens with zero attached hydrogens (tertiary/aromatic N) is 2. The van der Waals surface area contributed by atoms with E-state index in [2.05, 4.69) is 30.7 Å². The first kappa shape index (κ1) is 14.1. The first-order valence-electron chi connectivity index (χ1n) is 16.0. The molecule has 0 amide bonds. The first-order chi connectivity index (χ1) is 20.0. The van der Waals surface area contributed by atoms with Gasteiger partial charge >= 0.3 is 0 Å². The molecule has 3 nitrogen and oxygen atoms in total. The Labute approximate surface area is 214 Å². The summed E-state index contributed by atoms with van der Waals surface area (Å²) in [5.41, 5.74) is 2.57. The van der Waals surface area contributed by atoms with Crippen molar-refractivity contribution in [1.29, 1.82) is 0 Å². The van der Waals surface area contributed by atoms with Crippen LogP contribution in [0.25, 0.3) is 44.5 Å². The van der Waals surface area contributed by atoms with Crippen LogP contribution in [0.1, 0.15) is 68.3 Å². The van der Waals surface area contributed by atoms with Crippen LogP contribution in [0.15, 0.2) is 65.2 Å². The van der Waals surface area contributed by atoms with Crippen LogP contribution in [-0.4, -0.2) is 9.97 Å². The van der Waals surface area contributed by atoms with Crippen molar-refractivity contribution < 1.29 is 16.8 Å². The Kier molecular flexibility index (Phi) is 3.47. The molecule has 5 aromatic rings. The summed E-state index contributed by atoms with van der Waals surface area (Å²) in [5.74, 6) is 0. The van der Waals surface area contributed by atoms with E-state index in [-0.39, 0.29) is 33.5 Å². The van der Waals surface area contributed by atoms with Gasteiger partial charge < -0.3 is 4.42 Å². The largest absolute Gasteiger partial charge is 0.437 e. The topological polar surface area (TPSA) is 38.9 Å². The summed E-state index contributed by atoms with van der Waals surface area (Å²) in [6.45, 7) is -1.26. The standard InChI is InChI=1S/C31H32N2O/c1-7-31(6,8-2)22-13-15-23(19(3)16-22)27-17-28(32-18-20(27)4)26-11-9-10-24-25-14-12-21(5)33-30(25)34-29(24)26/h9-18H,7-8H2,1-6H3/i3D3,4D3,5D3. The number of benzene rings is 2. The molecule has 2 aromatic carbocycles. The fourth-order valence-corrected chi connectivity index (χ4v) is 4.52. The molecule has 0 unspecified atom stereocenters. The van der Waals surface area contributed by atoms with E-state index in [0.29, 0.717) is 33.2 Å². The lowest BCUT2D eigenvalue weighted by Gasteiger charge is -2.28. The Bertz CT molecular complexity index is 1830. The summed E-state index contributed by atoms with van der Waals surface area (Å²) in [6.07, 6.45) is 2.89. The number of rotatable bonds is 5. The van der Waals surface area contributed by atoms with Gasteiger partial charge in [-0.3, -0.25) is 4.98 Å². The zero-order valence-electron chi connectivity index (χ0n) is 28.5. The van der Waals surface area contributed by atoms with Gasteiger partial charge in [-0.05, 0) is 90.9 Å². The fourth-order valence-electron chi connectivity index (χ4n) is 4.52. The molecule has 34 heavy (non-hydrogen) atoms. The average molecular weight is 458 g/mol. The number of aromatic nitrogens is 2. The Hall–Kier alpha value is -3.46. The van der Waals surface area contributed by atoms with Gasteiger partial charge in [-0.25, -0.2) is 4.98 Å². The Morgan fingerprint density at radius 3 is 2.47 bits per heavy atom. The van der Waals surface area contributed by atoms with E-state index in [1.165, 1.54) is 12.3 Å². The zero-order chi connectivity index (χ0) is 31.5. The second-order valence-electron chi connectivity index (χ2n) is 8.98. The van der Waals surface area contributed by atoms with Crippen molar-refractivity contribution >= 4 is 22.1 Å². The van der Waals surface area contributed by atoms with Crippen LogP contribution >= 0.6 is 0 Å². The van der Waals surface area contributed by atoms with E-state index in [9.17, 15) is 0 Å². The SMILES string of the molecule is [2H]C([2H])([2H])c1ccc2c(n1)oc1c(-c3cc(-c4ccc(C(C)(CC)CC)cc4C([2H])([2H])[2H])c(C([2H])([2H])[2H])cn3)cccc12. The molecule has 172 valence electrons. The lowest BCUT2D eigenvalue weighted by molar-refractivity contribution is 0.439. The highest BCUT2D eigenvalue weighted by atomic mass is 16.3. The number of aryl methyl sites for hydroxylation is 3. The van der Waals surface area contributed by atoms with E-state index < -0.39 is 20.6 Å². The van der Waals surface area contributed by atoms with E-state index >= 15 is 0 Å². The second kappa shape index (κ2) is 8.39. The molecular weight excluding hydrogens is 416 g/mol. The lowest BCUT2D eigenvalue weighted by atomic mass is 9.76. The number of para-hydroxylation sites is 1. The normalized spacial score (nSPS) is 17.1. The highest BCUT2D eigenvalue weighted by molar-refractivity contribution is 6.08. The molecule has 0 saturated heterocycles. The number of pyridine rings is 2. The third kappa shape index (κ3) is 3.60. The van der Waals surface area contributed by atoms with Gasteiger partial charge in [-0.15, -0.1) is 0 Å². The molecule has 3 heteroatoms. The number of fused-ring (bicyclic) bond motifs is 3. The zero-order valence-corrected chi connectivity index (χ0v) is 19.5. The van der Waals surface area contributed by atoms with Crippen LogP contribution in [-0.2, 0) is 5.41 Å². The third-order valence-corrected chi connectivity index (χ3v) is 7.11. The quantitative estimate of drug-likeness (QED) is 0.265. The molecule has 3 heterocycles. The molecule has 0 aliphatic carbocycles. The molecular formula is C31H32N2O. The summed E-state index contributed by atoms with van der Waals surface area (Å²) < 4.78 is 78.9. The molecule has 3 aromatic heterocycles. The number of hydrogen-bond donors (Lipinski definition) is 0. The van der Waals surface area contributed by atoms with Crippen LogP contribution < -0.4 is 0 Å². The van der Waals surface area contributed by atoms with Gasteiger partial charge in [0.25, 0.3) is 0 Å². The fraction of sp³-hybridized carbons (Fsp3) is 0.290. The molecule has 5 rings (SSSR count).